The average Bonchev–Trinajstić information content (AvgIpc) is 2.83. The number of aromatic amines is 1. The molecule has 4 N–H and O–H groups in total. The highest BCUT2D eigenvalue weighted by Gasteiger charge is 2.37. The zero-order chi connectivity index (χ0) is 28.6. The lowest BCUT2D eigenvalue weighted by molar-refractivity contribution is -0.127. The van der Waals surface area contributed by atoms with Crippen molar-refractivity contribution in [3.63, 3.8) is 0 Å². The Bertz CT molecular complexity index is 1650. The number of phenols is 1. The van der Waals surface area contributed by atoms with Crippen LogP contribution in [-0.2, 0) is 14.8 Å². The van der Waals surface area contributed by atoms with Gasteiger partial charge in [-0.15, -0.1) is 0 Å². The largest absolute Gasteiger partial charge is 0.507 e. The number of rotatable bonds is 8. The third-order valence-corrected chi connectivity index (χ3v) is 7.92. The number of ether oxygens (including phenoxy) is 1. The van der Waals surface area contributed by atoms with Crippen LogP contribution in [0.1, 0.15) is 25.0 Å². The monoisotopic (exact) mass is 605 g/mol. The second kappa shape index (κ2) is 10.9. The number of alkyl halides is 2. The van der Waals surface area contributed by atoms with Crippen molar-refractivity contribution in [3.05, 3.63) is 66.9 Å². The number of phenolic OH excluding ortho intramolecular Hbond substituents is 1. The Labute approximate surface area is 228 Å². The topological polar surface area (TPSA) is 172 Å². The number of nitrogens with zero attached hydrogens (tertiary/aromatic N) is 2. The van der Waals surface area contributed by atoms with E-state index in [1.807, 2.05) is 0 Å². The number of aromatic hydroxyl groups is 1. The van der Waals surface area contributed by atoms with Gasteiger partial charge in [0.25, 0.3) is 12.0 Å². The van der Waals surface area contributed by atoms with Crippen molar-refractivity contribution >= 4 is 39.1 Å². The number of carbonyl (C=O) groups is 1. The molecule has 3 aromatic rings. The molecule has 2 aromatic carbocycles. The summed E-state index contributed by atoms with van der Waals surface area (Å²) in [6, 6.07) is 5.03. The quantitative estimate of drug-likeness (QED) is 0.303. The Morgan fingerprint density at radius 3 is 2.44 bits per heavy atom. The van der Waals surface area contributed by atoms with E-state index in [1.165, 1.54) is 13.1 Å². The van der Waals surface area contributed by atoms with E-state index in [9.17, 15) is 36.7 Å². The second-order valence-electron chi connectivity index (χ2n) is 8.43. The van der Waals surface area contributed by atoms with Crippen molar-refractivity contribution in [2.45, 2.75) is 30.2 Å². The SMILES string of the molecule is CNC(=O)C1CC(NS(=O)(=O)c2cc(Oc3c(Cl)cc(-n4nc(C(F)F)c(=O)[nH]c4=O)cc3Cl)ccc2O)C1. The summed E-state index contributed by atoms with van der Waals surface area (Å²) >= 11 is 12.5. The van der Waals surface area contributed by atoms with Crippen LogP contribution in [0.2, 0.25) is 10.0 Å². The van der Waals surface area contributed by atoms with Crippen LogP contribution in [0.3, 0.4) is 0 Å². The molecule has 1 aliphatic rings. The molecule has 1 aromatic heterocycles. The predicted molar refractivity (Wildman–Crippen MR) is 135 cm³/mol. The fraction of sp³-hybridized carbons (Fsp3) is 0.273. The number of carbonyl (C=O) groups excluding carboxylic acids is 1. The minimum absolute atomic E-state index is 0.0964. The summed E-state index contributed by atoms with van der Waals surface area (Å²) in [6.07, 6.45) is -2.68. The smallest absolute Gasteiger partial charge is 0.349 e. The molecule has 0 radical (unpaired) electrons. The molecular weight excluding hydrogens is 587 g/mol. The Balaban J connectivity index is 1.59. The molecule has 0 unspecified atom stereocenters. The first-order valence-corrected chi connectivity index (χ1v) is 13.3. The summed E-state index contributed by atoms with van der Waals surface area (Å²) in [5.74, 6) is -1.37. The zero-order valence-corrected chi connectivity index (χ0v) is 22.1. The molecule has 0 bridgehead atoms. The minimum atomic E-state index is -4.22. The first-order chi connectivity index (χ1) is 18.3. The van der Waals surface area contributed by atoms with Crippen LogP contribution in [0.15, 0.2) is 44.8 Å². The van der Waals surface area contributed by atoms with Crippen LogP contribution in [-0.4, -0.2) is 47.3 Å². The molecule has 208 valence electrons. The van der Waals surface area contributed by atoms with Gasteiger partial charge in [-0.25, -0.2) is 26.7 Å². The second-order valence-corrected chi connectivity index (χ2v) is 10.9. The summed E-state index contributed by atoms with van der Waals surface area (Å²) in [6.45, 7) is 0. The average molecular weight is 606 g/mol. The maximum Gasteiger partial charge on any atom is 0.349 e. The van der Waals surface area contributed by atoms with Gasteiger partial charge in [0.15, 0.2) is 11.4 Å². The lowest BCUT2D eigenvalue weighted by Crippen LogP contribution is -2.48. The number of H-pyrrole nitrogens is 1. The predicted octanol–water partition coefficient (Wildman–Crippen LogP) is 2.47. The first kappa shape index (κ1) is 28.5. The fourth-order valence-electron chi connectivity index (χ4n) is 3.80. The van der Waals surface area contributed by atoms with Gasteiger partial charge in [0.2, 0.25) is 15.9 Å². The molecule has 0 aliphatic heterocycles. The van der Waals surface area contributed by atoms with Crippen LogP contribution in [0, 0.1) is 5.92 Å². The third-order valence-electron chi connectivity index (χ3n) is 5.81. The number of amides is 1. The Kier molecular flexibility index (Phi) is 7.97. The highest BCUT2D eigenvalue weighted by molar-refractivity contribution is 7.89. The molecular formula is C22H19Cl2F2N5O7S. The molecule has 12 nitrogen and oxygen atoms in total. The first-order valence-electron chi connectivity index (χ1n) is 11.1. The standard InChI is InChI=1S/C22H19Cl2F2N5O7S/c1-27-20(33)9-4-10(5-9)30-39(36,37)16-8-12(2-3-15(16)32)38-18-13(23)6-11(7-14(18)24)31-22(35)28-21(34)17(29-31)19(25)26/h2-3,6-10,19,30,32H,4-5H2,1H3,(H,27,33)(H,28,34,35). The van der Waals surface area contributed by atoms with Crippen molar-refractivity contribution in [2.24, 2.45) is 5.92 Å². The lowest BCUT2D eigenvalue weighted by Gasteiger charge is -2.34. The van der Waals surface area contributed by atoms with Crippen molar-refractivity contribution in [3.8, 4) is 22.9 Å². The van der Waals surface area contributed by atoms with E-state index in [1.54, 1.807) is 4.98 Å². The molecule has 39 heavy (non-hydrogen) atoms. The molecule has 4 rings (SSSR count). The summed E-state index contributed by atoms with van der Waals surface area (Å²) in [7, 11) is -2.73. The maximum absolute atomic E-state index is 13.1. The number of nitrogens with one attached hydrogen (secondary N) is 3. The molecule has 0 atom stereocenters. The van der Waals surface area contributed by atoms with E-state index in [0.717, 1.165) is 24.3 Å². The van der Waals surface area contributed by atoms with Gasteiger partial charge >= 0.3 is 5.69 Å². The molecule has 1 saturated carbocycles. The van der Waals surface area contributed by atoms with Crippen molar-refractivity contribution in [1.29, 1.82) is 0 Å². The third kappa shape index (κ3) is 5.90. The summed E-state index contributed by atoms with van der Waals surface area (Å²) in [4.78, 5) is 36.5. The zero-order valence-electron chi connectivity index (χ0n) is 19.7. The highest BCUT2D eigenvalue weighted by atomic mass is 35.5. The molecule has 1 heterocycles. The van der Waals surface area contributed by atoms with Crippen LogP contribution in [0.25, 0.3) is 5.69 Å². The molecule has 1 fully saturated rings. The van der Waals surface area contributed by atoms with Crippen molar-refractivity contribution in [1.82, 2.24) is 24.8 Å². The molecule has 1 aliphatic carbocycles. The molecule has 17 heteroatoms. The van der Waals surface area contributed by atoms with E-state index >= 15 is 0 Å². The minimum Gasteiger partial charge on any atom is -0.507 e. The van der Waals surface area contributed by atoms with Gasteiger partial charge in [0.05, 0.1) is 15.7 Å². The van der Waals surface area contributed by atoms with E-state index in [2.05, 4.69) is 15.1 Å². The van der Waals surface area contributed by atoms with Crippen molar-refractivity contribution in [2.75, 3.05) is 7.05 Å². The highest BCUT2D eigenvalue weighted by Crippen LogP contribution is 2.40. The number of benzene rings is 2. The lowest BCUT2D eigenvalue weighted by atomic mass is 9.80. The normalized spacial score (nSPS) is 17.1. The van der Waals surface area contributed by atoms with E-state index in [-0.39, 0.29) is 39.1 Å². The molecule has 1 amide bonds. The Morgan fingerprint density at radius 2 is 1.85 bits per heavy atom. The number of aromatic nitrogens is 3. The van der Waals surface area contributed by atoms with Crippen LogP contribution >= 0.6 is 23.2 Å². The van der Waals surface area contributed by atoms with Gasteiger partial charge in [-0.1, -0.05) is 23.2 Å². The molecule has 0 saturated heterocycles. The summed E-state index contributed by atoms with van der Waals surface area (Å²) in [5, 5.41) is 15.6. The maximum atomic E-state index is 13.1. The number of sulfonamides is 1. The summed E-state index contributed by atoms with van der Waals surface area (Å²) in [5.41, 5.74) is -3.84. The van der Waals surface area contributed by atoms with Crippen molar-refractivity contribution < 1.29 is 31.8 Å². The number of halogens is 4. The van der Waals surface area contributed by atoms with Gasteiger partial charge in [0.1, 0.15) is 16.4 Å². The van der Waals surface area contributed by atoms with Gasteiger partial charge in [-0.05, 0) is 37.1 Å². The van der Waals surface area contributed by atoms with Crippen LogP contribution in [0.5, 0.6) is 17.2 Å². The van der Waals surface area contributed by atoms with Crippen LogP contribution in [0.4, 0.5) is 8.78 Å². The number of hydrogen-bond donors (Lipinski definition) is 4. The van der Waals surface area contributed by atoms with Gasteiger partial charge in [0, 0.05) is 25.1 Å². The van der Waals surface area contributed by atoms with Gasteiger partial charge < -0.3 is 15.2 Å². The van der Waals surface area contributed by atoms with E-state index in [0.29, 0.717) is 17.5 Å². The number of hydrogen-bond acceptors (Lipinski definition) is 8. The van der Waals surface area contributed by atoms with E-state index in [4.69, 9.17) is 27.9 Å². The Morgan fingerprint density at radius 1 is 1.21 bits per heavy atom. The van der Waals surface area contributed by atoms with E-state index < -0.39 is 50.1 Å². The summed E-state index contributed by atoms with van der Waals surface area (Å²) < 4.78 is 60.4. The molecule has 0 spiro atoms. The Hall–Kier alpha value is -3.53. The van der Waals surface area contributed by atoms with Gasteiger partial charge in [-0.2, -0.15) is 9.78 Å². The van der Waals surface area contributed by atoms with Crippen LogP contribution < -0.4 is 26.0 Å². The fourth-order valence-corrected chi connectivity index (χ4v) is 5.73. The van der Waals surface area contributed by atoms with Gasteiger partial charge in [-0.3, -0.25) is 14.6 Å².